The second-order valence-corrected chi connectivity index (χ2v) is 19.4. The smallest absolute Gasteiger partial charge is 0.296 e. The summed E-state index contributed by atoms with van der Waals surface area (Å²) in [7, 11) is -14.4. The number of benzene rings is 4. The molecule has 0 radical (unpaired) electrons. The van der Waals surface area contributed by atoms with Crippen LogP contribution >= 0.6 is 59.3 Å². The molecule has 360 valence electrons. The fraction of sp³-hybridized carbons (Fsp3) is 0. The summed E-state index contributed by atoms with van der Waals surface area (Å²) < 4.78 is 116. The molecular weight excluding hydrogens is 1080 g/mol. The van der Waals surface area contributed by atoms with Crippen molar-refractivity contribution in [1.82, 2.24) is 29.9 Å². The maximum absolute atomic E-state index is 12.6. The van der Waals surface area contributed by atoms with E-state index in [4.69, 9.17) is 39.0 Å². The van der Waals surface area contributed by atoms with Crippen LogP contribution in [0.4, 0.5) is 46.5 Å². The van der Waals surface area contributed by atoms with Crippen molar-refractivity contribution in [3.63, 3.8) is 0 Å². The van der Waals surface area contributed by atoms with Gasteiger partial charge < -0.3 is 21.3 Å². The van der Waals surface area contributed by atoms with Crippen molar-refractivity contribution >= 4 is 148 Å². The summed E-state index contributed by atoms with van der Waals surface area (Å²) in [6, 6.07) is 14.8. The maximum Gasteiger partial charge on any atom is 0.296 e. The van der Waals surface area contributed by atoms with Crippen LogP contribution in [0.3, 0.4) is 0 Å². The zero-order valence-corrected chi connectivity index (χ0v) is 39.0. The molecule has 0 amide bonds. The summed E-state index contributed by atoms with van der Waals surface area (Å²) in [5.41, 5.74) is 0.209. The highest BCUT2D eigenvalue weighted by molar-refractivity contribution is 7.95. The largest absolute Gasteiger partial charge is 0.324 e. The quantitative estimate of drug-likeness (QED) is 0.0103. The van der Waals surface area contributed by atoms with Crippen molar-refractivity contribution in [3.05, 3.63) is 94.5 Å². The molecule has 0 aliphatic heterocycles. The fourth-order valence-corrected chi connectivity index (χ4v) is 8.78. The minimum Gasteiger partial charge on any atom is -0.324 e. The molecule has 68 heavy (non-hydrogen) atoms. The van der Waals surface area contributed by atoms with Gasteiger partial charge in [0.1, 0.15) is 9.79 Å². The van der Waals surface area contributed by atoms with E-state index in [-0.39, 0.29) is 72.1 Å². The van der Waals surface area contributed by atoms with Crippen LogP contribution in [0.15, 0.2) is 102 Å². The zero-order valence-electron chi connectivity index (χ0n) is 32.6. The predicted octanol–water partition coefficient (Wildman–Crippen LogP) is 7.53. The molecule has 6 aromatic rings. The van der Waals surface area contributed by atoms with Crippen molar-refractivity contribution in [2.24, 2.45) is 0 Å². The molecule has 0 saturated carbocycles. The molecule has 0 aliphatic carbocycles. The Kier molecular flexibility index (Phi) is 17.6. The molecule has 28 nitrogen and oxygen atoms in total. The second kappa shape index (κ2) is 23.0. The van der Waals surface area contributed by atoms with Crippen LogP contribution in [0.5, 0.6) is 0 Å². The van der Waals surface area contributed by atoms with Crippen molar-refractivity contribution in [1.29, 1.82) is 0 Å². The van der Waals surface area contributed by atoms with E-state index in [1.165, 1.54) is 60.7 Å². The first-order valence-electron chi connectivity index (χ1n) is 17.2. The lowest BCUT2D eigenvalue weighted by atomic mass is 10.1. The topological polar surface area (TPSA) is 405 Å². The first-order chi connectivity index (χ1) is 32.2. The van der Waals surface area contributed by atoms with Gasteiger partial charge in [0.15, 0.2) is 0 Å². The van der Waals surface area contributed by atoms with E-state index < -0.39 is 50.3 Å². The number of rotatable bonds is 22. The van der Waals surface area contributed by atoms with Gasteiger partial charge in [-0.1, -0.05) is 39.4 Å². The third-order valence-corrected chi connectivity index (χ3v) is 12.8. The summed E-state index contributed by atoms with van der Waals surface area (Å²) in [6.45, 7) is 0. The van der Waals surface area contributed by atoms with Gasteiger partial charge in [-0.3, -0.25) is 13.7 Å². The Balaban J connectivity index is 1.24. The van der Waals surface area contributed by atoms with Crippen molar-refractivity contribution in [3.8, 4) is 0 Å². The SMILES string of the molecule is O=S(=O)(O)c1ccc(SOOO)c(Nc2nc(Cl)nc(Nc3ccc(C=Cc4ccc(Nc5nc(Cl)nc(Nc6cc(SOOO)ccc6S(=O)(=O)O)n5)cc4S(=O)(=O)O)c(SOOO)c3)n2)c1. The van der Waals surface area contributed by atoms with Crippen LogP contribution in [-0.4, -0.2) is 84.6 Å². The monoisotopic (exact) mass is 1100 g/mol. The summed E-state index contributed by atoms with van der Waals surface area (Å²) in [6.07, 6.45) is 2.72. The van der Waals surface area contributed by atoms with Gasteiger partial charge in [-0.2, -0.15) is 55.2 Å². The zero-order chi connectivity index (χ0) is 49.2. The number of aromatic nitrogens is 6. The van der Waals surface area contributed by atoms with E-state index in [0.717, 1.165) is 24.3 Å². The highest BCUT2D eigenvalue weighted by Crippen LogP contribution is 2.35. The van der Waals surface area contributed by atoms with Gasteiger partial charge in [-0.25, -0.2) is 15.8 Å². The van der Waals surface area contributed by atoms with Gasteiger partial charge in [-0.15, -0.1) is 13.0 Å². The third-order valence-electron chi connectivity index (χ3n) is 7.92. The summed E-state index contributed by atoms with van der Waals surface area (Å²) in [5.74, 6) is -1.09. The number of halogens is 2. The van der Waals surface area contributed by atoms with Gasteiger partial charge >= 0.3 is 0 Å². The Morgan fingerprint density at radius 3 is 1.54 bits per heavy atom. The normalized spacial score (nSPS) is 12.1. The average molecular weight is 1100 g/mol. The molecule has 2 heterocycles. The Morgan fingerprint density at radius 1 is 0.485 bits per heavy atom. The fourth-order valence-electron chi connectivity index (χ4n) is 5.28. The van der Waals surface area contributed by atoms with E-state index in [1.807, 2.05) is 0 Å². The van der Waals surface area contributed by atoms with Crippen molar-refractivity contribution < 1.29 is 82.8 Å². The molecule has 0 unspecified atom stereocenters. The van der Waals surface area contributed by atoms with E-state index >= 15 is 0 Å². The number of hydrogen-bond donors (Lipinski definition) is 10. The Morgan fingerprint density at radius 2 is 0.985 bits per heavy atom. The standard InChI is InChI=1S/C32H24Cl2N10O18S6/c33-27-39-29(43-31(41-27)37-21-14-20(66(48,49)50)8-9-23(21)64-61-58-46)35-17-5-3-15(24(11-17)65-62-59-47)1-2-16-4-6-18(12-26(16)68(54,55)56)36-30-40-28(34)42-32(44-30)38-22-13-19(63-60-57-45)7-10-25(22)67(51,52)53/h1-14,45-47H,(H,48,49,50)(H,51,52,53)(H,54,55,56)(H2,35,37,39,41,43)(H2,36,38,40,42,44). The highest BCUT2D eigenvalue weighted by atomic mass is 35.5. The van der Waals surface area contributed by atoms with E-state index in [9.17, 15) is 38.9 Å². The molecule has 0 spiro atoms. The highest BCUT2D eigenvalue weighted by Gasteiger charge is 2.21. The lowest BCUT2D eigenvalue weighted by Crippen LogP contribution is -2.08. The van der Waals surface area contributed by atoms with Gasteiger partial charge in [0.25, 0.3) is 30.4 Å². The van der Waals surface area contributed by atoms with Gasteiger partial charge in [0.05, 0.1) is 57.3 Å². The van der Waals surface area contributed by atoms with Crippen LogP contribution in [0.2, 0.25) is 10.6 Å². The molecule has 0 saturated heterocycles. The molecule has 0 fully saturated rings. The predicted molar refractivity (Wildman–Crippen MR) is 239 cm³/mol. The first kappa shape index (κ1) is 52.2. The molecule has 36 heteroatoms. The van der Waals surface area contributed by atoms with Crippen LogP contribution in [-0.2, 0) is 58.5 Å². The third kappa shape index (κ3) is 14.7. The Labute approximate surface area is 403 Å². The van der Waals surface area contributed by atoms with Crippen LogP contribution in [0.25, 0.3) is 12.2 Å². The van der Waals surface area contributed by atoms with E-state index in [0.29, 0.717) is 41.7 Å². The van der Waals surface area contributed by atoms with Gasteiger partial charge in [0.2, 0.25) is 34.4 Å². The molecule has 0 atom stereocenters. The molecule has 10 N–H and O–H groups in total. The van der Waals surface area contributed by atoms with Crippen LogP contribution in [0.1, 0.15) is 11.1 Å². The number of nitrogens with zero attached hydrogens (tertiary/aromatic N) is 6. The molecule has 0 bridgehead atoms. The maximum atomic E-state index is 12.6. The lowest BCUT2D eigenvalue weighted by molar-refractivity contribution is -0.432. The van der Waals surface area contributed by atoms with E-state index in [1.54, 1.807) is 0 Å². The molecule has 0 aliphatic rings. The second-order valence-electron chi connectivity index (χ2n) is 12.3. The van der Waals surface area contributed by atoms with Gasteiger partial charge in [-0.05, 0) is 95.0 Å². The minimum atomic E-state index is -4.94. The molecule has 6 rings (SSSR count). The first-order valence-corrected chi connectivity index (χ1v) is 24.5. The lowest BCUT2D eigenvalue weighted by Gasteiger charge is -2.13. The Hall–Kier alpha value is -5.16. The average Bonchev–Trinajstić information content (AvgIpc) is 3.25. The van der Waals surface area contributed by atoms with Crippen molar-refractivity contribution in [2.45, 2.75) is 29.4 Å². The molecule has 4 aromatic carbocycles. The molecular formula is C32H24Cl2N10O18S6. The van der Waals surface area contributed by atoms with Crippen LogP contribution < -0.4 is 21.3 Å². The number of nitrogens with one attached hydrogen (secondary N) is 4. The summed E-state index contributed by atoms with van der Waals surface area (Å²) >= 11 is 13.7. The van der Waals surface area contributed by atoms with Gasteiger partial charge in [0, 0.05) is 21.2 Å². The number of anilines is 8. The number of hydrogen-bond acceptors (Lipinski definition) is 28. The summed E-state index contributed by atoms with van der Waals surface area (Å²) in [4.78, 5) is 22.8. The molecule has 2 aromatic heterocycles. The van der Waals surface area contributed by atoms with Crippen molar-refractivity contribution in [2.75, 3.05) is 21.3 Å². The summed E-state index contributed by atoms with van der Waals surface area (Å²) in [5, 5.41) is 46.9. The Bertz CT molecular complexity index is 3210. The van der Waals surface area contributed by atoms with Crippen LogP contribution in [0, 0.1) is 0 Å². The van der Waals surface area contributed by atoms with E-state index in [2.05, 4.69) is 79.3 Å². The minimum absolute atomic E-state index is 0.00519.